The summed E-state index contributed by atoms with van der Waals surface area (Å²) < 4.78 is 3.68. The van der Waals surface area contributed by atoms with Gasteiger partial charge >= 0.3 is 0 Å². The summed E-state index contributed by atoms with van der Waals surface area (Å²) in [6, 6.07) is 9.82. The zero-order chi connectivity index (χ0) is 17.4. The molecule has 6 heteroatoms. The van der Waals surface area contributed by atoms with Gasteiger partial charge in [-0.1, -0.05) is 18.2 Å². The molecule has 0 atom stereocenters. The molecule has 0 aliphatic heterocycles. The monoisotopic (exact) mass is 335 g/mol. The van der Waals surface area contributed by atoms with Crippen molar-refractivity contribution in [3.05, 3.63) is 64.7 Å². The Morgan fingerprint density at radius 3 is 2.84 bits per heavy atom. The molecule has 1 aromatic carbocycles. The van der Waals surface area contributed by atoms with E-state index >= 15 is 0 Å². The van der Waals surface area contributed by atoms with E-state index in [1.807, 2.05) is 49.0 Å². The van der Waals surface area contributed by atoms with Gasteiger partial charge in [-0.3, -0.25) is 9.48 Å². The van der Waals surface area contributed by atoms with Gasteiger partial charge in [-0.2, -0.15) is 10.2 Å². The van der Waals surface area contributed by atoms with E-state index in [-0.39, 0.29) is 5.91 Å². The van der Waals surface area contributed by atoms with E-state index in [0.717, 1.165) is 36.3 Å². The number of aryl methyl sites for hydroxylation is 2. The van der Waals surface area contributed by atoms with E-state index < -0.39 is 0 Å². The largest absolute Gasteiger partial charge is 0.346 e. The third-order valence-electron chi connectivity index (χ3n) is 4.87. The fraction of sp³-hybridized carbons (Fsp3) is 0.316. The zero-order valence-electron chi connectivity index (χ0n) is 14.5. The number of carbonyl (C=O) groups excluding carboxylic acids is 1. The molecular weight excluding hydrogens is 314 g/mol. The molecule has 2 heterocycles. The molecule has 0 bridgehead atoms. The van der Waals surface area contributed by atoms with Crippen LogP contribution in [0.1, 0.15) is 39.4 Å². The molecule has 0 saturated carbocycles. The first-order chi connectivity index (χ1) is 12.1. The first kappa shape index (κ1) is 15.6. The average Bonchev–Trinajstić information content (AvgIpc) is 3.29. The number of nitrogens with zero attached hydrogens (tertiary/aromatic N) is 4. The highest BCUT2D eigenvalue weighted by atomic mass is 16.1. The van der Waals surface area contributed by atoms with Gasteiger partial charge in [-0.15, -0.1) is 0 Å². The van der Waals surface area contributed by atoms with E-state index in [9.17, 15) is 4.79 Å². The molecule has 128 valence electrons. The number of fused-ring (bicyclic) bond motifs is 1. The quantitative estimate of drug-likeness (QED) is 0.796. The van der Waals surface area contributed by atoms with E-state index in [2.05, 4.69) is 15.5 Å². The molecule has 0 fully saturated rings. The summed E-state index contributed by atoms with van der Waals surface area (Å²) in [7, 11) is 1.94. The molecule has 2 aromatic heterocycles. The molecule has 0 radical (unpaired) electrons. The molecule has 0 unspecified atom stereocenters. The lowest BCUT2D eigenvalue weighted by Gasteiger charge is -2.08. The van der Waals surface area contributed by atoms with Crippen molar-refractivity contribution < 1.29 is 4.79 Å². The number of rotatable bonds is 4. The van der Waals surface area contributed by atoms with E-state index in [1.54, 1.807) is 10.9 Å². The lowest BCUT2D eigenvalue weighted by molar-refractivity contribution is 0.0949. The Morgan fingerprint density at radius 2 is 2.04 bits per heavy atom. The number of nitrogens with one attached hydrogen (secondary N) is 1. The van der Waals surface area contributed by atoms with Gasteiger partial charge in [0, 0.05) is 7.05 Å². The second-order valence-corrected chi connectivity index (χ2v) is 6.42. The van der Waals surface area contributed by atoms with Crippen LogP contribution in [-0.4, -0.2) is 25.5 Å². The molecule has 0 spiro atoms. The number of hydrogen-bond acceptors (Lipinski definition) is 3. The fourth-order valence-electron chi connectivity index (χ4n) is 3.53. The van der Waals surface area contributed by atoms with E-state index in [4.69, 9.17) is 0 Å². The van der Waals surface area contributed by atoms with Crippen molar-refractivity contribution in [1.29, 1.82) is 0 Å². The minimum Gasteiger partial charge on any atom is -0.346 e. The summed E-state index contributed by atoms with van der Waals surface area (Å²) in [5, 5.41) is 11.9. The summed E-state index contributed by atoms with van der Waals surface area (Å²) >= 11 is 0. The lowest BCUT2D eigenvalue weighted by Crippen LogP contribution is -2.25. The zero-order valence-corrected chi connectivity index (χ0v) is 14.5. The summed E-state index contributed by atoms with van der Waals surface area (Å²) in [5.74, 6) is -0.104. The Labute approximate surface area is 146 Å². The topological polar surface area (TPSA) is 64.7 Å². The van der Waals surface area contributed by atoms with Gasteiger partial charge in [0.05, 0.1) is 41.1 Å². The molecule has 0 saturated heterocycles. The van der Waals surface area contributed by atoms with Crippen LogP contribution in [0.5, 0.6) is 0 Å². The van der Waals surface area contributed by atoms with Crippen molar-refractivity contribution in [2.75, 3.05) is 0 Å². The van der Waals surface area contributed by atoms with E-state index in [0.29, 0.717) is 12.1 Å². The number of para-hydroxylation sites is 1. The van der Waals surface area contributed by atoms with Crippen LogP contribution in [0.3, 0.4) is 0 Å². The molecule has 6 nitrogen and oxygen atoms in total. The Hall–Kier alpha value is -2.89. The fourth-order valence-corrected chi connectivity index (χ4v) is 3.53. The maximum atomic E-state index is 12.6. The van der Waals surface area contributed by atoms with Crippen LogP contribution in [0.25, 0.3) is 5.69 Å². The Bertz CT molecular complexity index is 923. The predicted molar refractivity (Wildman–Crippen MR) is 94.7 cm³/mol. The summed E-state index contributed by atoms with van der Waals surface area (Å²) in [6.45, 7) is 2.41. The Morgan fingerprint density at radius 1 is 1.24 bits per heavy atom. The van der Waals surface area contributed by atoms with Crippen molar-refractivity contribution in [1.82, 2.24) is 24.9 Å². The van der Waals surface area contributed by atoms with Crippen LogP contribution in [0.15, 0.2) is 36.5 Å². The van der Waals surface area contributed by atoms with Crippen LogP contribution < -0.4 is 5.32 Å². The summed E-state index contributed by atoms with van der Waals surface area (Å²) in [4.78, 5) is 12.6. The first-order valence-corrected chi connectivity index (χ1v) is 8.57. The number of amides is 1. The summed E-state index contributed by atoms with van der Waals surface area (Å²) in [5.41, 5.74) is 5.97. The van der Waals surface area contributed by atoms with Crippen molar-refractivity contribution in [3.63, 3.8) is 0 Å². The minimum atomic E-state index is -0.104. The molecule has 1 aliphatic rings. The van der Waals surface area contributed by atoms with Crippen LogP contribution in [-0.2, 0) is 26.4 Å². The SMILES string of the molecule is Cc1c(C(=O)NCc2c3c(nn2C)CCC3)cnn1-c1ccccc1. The minimum absolute atomic E-state index is 0.104. The van der Waals surface area contributed by atoms with Crippen molar-refractivity contribution in [2.24, 2.45) is 7.05 Å². The van der Waals surface area contributed by atoms with Crippen LogP contribution >= 0.6 is 0 Å². The van der Waals surface area contributed by atoms with E-state index in [1.165, 1.54) is 11.3 Å². The highest BCUT2D eigenvalue weighted by molar-refractivity contribution is 5.95. The molecular formula is C19H21N5O. The third kappa shape index (κ3) is 2.73. The number of benzene rings is 1. The molecule has 1 N–H and O–H groups in total. The van der Waals surface area contributed by atoms with Crippen molar-refractivity contribution in [3.8, 4) is 5.69 Å². The van der Waals surface area contributed by atoms with Crippen LogP contribution in [0.2, 0.25) is 0 Å². The molecule has 1 aliphatic carbocycles. The van der Waals surface area contributed by atoms with Gasteiger partial charge in [0.1, 0.15) is 0 Å². The van der Waals surface area contributed by atoms with Gasteiger partial charge in [0.15, 0.2) is 0 Å². The number of carbonyl (C=O) groups is 1. The van der Waals surface area contributed by atoms with Gasteiger partial charge in [-0.05, 0) is 43.9 Å². The highest BCUT2D eigenvalue weighted by Crippen LogP contribution is 2.24. The second-order valence-electron chi connectivity index (χ2n) is 6.42. The highest BCUT2D eigenvalue weighted by Gasteiger charge is 2.22. The maximum Gasteiger partial charge on any atom is 0.255 e. The molecule has 3 aromatic rings. The maximum absolute atomic E-state index is 12.6. The molecule has 1 amide bonds. The van der Waals surface area contributed by atoms with Gasteiger partial charge in [-0.25, -0.2) is 4.68 Å². The number of aromatic nitrogens is 4. The van der Waals surface area contributed by atoms with Gasteiger partial charge in [0.25, 0.3) is 5.91 Å². The second kappa shape index (κ2) is 6.20. The average molecular weight is 335 g/mol. The normalized spacial score (nSPS) is 13.0. The van der Waals surface area contributed by atoms with Crippen molar-refractivity contribution in [2.45, 2.75) is 32.7 Å². The third-order valence-corrected chi connectivity index (χ3v) is 4.87. The Balaban J connectivity index is 1.52. The number of hydrogen-bond donors (Lipinski definition) is 1. The standard InChI is InChI=1S/C19H21N5O/c1-13-16(11-21-24(13)14-7-4-3-5-8-14)19(25)20-12-18-15-9-6-10-17(15)22-23(18)2/h3-5,7-8,11H,6,9-10,12H2,1-2H3,(H,20,25). The van der Waals surface area contributed by atoms with Crippen molar-refractivity contribution >= 4 is 5.91 Å². The van der Waals surface area contributed by atoms with Gasteiger partial charge in [0.2, 0.25) is 0 Å². The molecule has 4 rings (SSSR count). The Kier molecular flexibility index (Phi) is 3.87. The van der Waals surface area contributed by atoms with Crippen LogP contribution in [0, 0.1) is 6.92 Å². The smallest absolute Gasteiger partial charge is 0.255 e. The summed E-state index contributed by atoms with van der Waals surface area (Å²) in [6.07, 6.45) is 4.88. The predicted octanol–water partition coefficient (Wildman–Crippen LogP) is 2.33. The lowest BCUT2D eigenvalue weighted by atomic mass is 10.2. The van der Waals surface area contributed by atoms with Crippen LogP contribution in [0.4, 0.5) is 0 Å². The van der Waals surface area contributed by atoms with Gasteiger partial charge < -0.3 is 5.32 Å². The first-order valence-electron chi connectivity index (χ1n) is 8.57. The molecule has 25 heavy (non-hydrogen) atoms.